The molecule has 1 amide bonds. The van der Waals surface area contributed by atoms with Gasteiger partial charge in [-0.1, -0.05) is 18.2 Å². The Morgan fingerprint density at radius 2 is 2.19 bits per heavy atom. The van der Waals surface area contributed by atoms with Crippen LogP contribution in [0.3, 0.4) is 0 Å². The maximum atomic E-state index is 12.8. The van der Waals surface area contributed by atoms with Gasteiger partial charge in [0.15, 0.2) is 0 Å². The van der Waals surface area contributed by atoms with E-state index < -0.39 is 0 Å². The molecule has 0 radical (unpaired) electrons. The molecule has 138 valence electrons. The monoisotopic (exact) mass is 363 g/mol. The first-order valence-corrected chi connectivity index (χ1v) is 9.27. The molecule has 5 rings (SSSR count). The van der Waals surface area contributed by atoms with Gasteiger partial charge in [0.25, 0.3) is 5.91 Å². The molecule has 2 saturated heterocycles. The Labute approximate surface area is 157 Å². The lowest BCUT2D eigenvalue weighted by molar-refractivity contribution is -0.122. The standard InChI is InChI=1S/C21H21N3O3/c25-20(19-10-15-4-1-2-6-18(15)23-19)24-13-21(14-24)16(7-9-27-21)12-26-17-5-3-8-22-11-17/h1-6,8,10-11,16,23H,7,9,12-14H2. The van der Waals surface area contributed by atoms with Gasteiger partial charge in [-0.25, -0.2) is 0 Å². The number of amides is 1. The number of carbonyl (C=O) groups excluding carboxylic acids is 1. The van der Waals surface area contributed by atoms with Crippen LogP contribution in [0.5, 0.6) is 5.75 Å². The molecule has 6 nitrogen and oxygen atoms in total. The van der Waals surface area contributed by atoms with Crippen molar-refractivity contribution in [3.63, 3.8) is 0 Å². The van der Waals surface area contributed by atoms with Crippen LogP contribution < -0.4 is 4.74 Å². The maximum absolute atomic E-state index is 12.8. The van der Waals surface area contributed by atoms with Gasteiger partial charge in [-0.2, -0.15) is 0 Å². The van der Waals surface area contributed by atoms with Crippen LogP contribution in [0, 0.1) is 5.92 Å². The molecule has 2 fully saturated rings. The molecule has 1 N–H and O–H groups in total. The molecule has 2 aromatic heterocycles. The van der Waals surface area contributed by atoms with Crippen LogP contribution in [0.2, 0.25) is 0 Å². The third-order valence-corrected chi connectivity index (χ3v) is 5.65. The predicted octanol–water partition coefficient (Wildman–Crippen LogP) is 2.87. The smallest absolute Gasteiger partial charge is 0.270 e. The average molecular weight is 363 g/mol. The van der Waals surface area contributed by atoms with Crippen molar-refractivity contribution in [1.82, 2.24) is 14.9 Å². The Kier molecular flexibility index (Phi) is 3.86. The van der Waals surface area contributed by atoms with Gasteiger partial charge >= 0.3 is 0 Å². The molecule has 1 unspecified atom stereocenters. The number of aromatic nitrogens is 2. The van der Waals surface area contributed by atoms with Crippen molar-refractivity contribution in [1.29, 1.82) is 0 Å². The summed E-state index contributed by atoms with van der Waals surface area (Å²) < 4.78 is 11.9. The van der Waals surface area contributed by atoms with E-state index >= 15 is 0 Å². The molecule has 0 saturated carbocycles. The summed E-state index contributed by atoms with van der Waals surface area (Å²) in [7, 11) is 0. The molecule has 3 aromatic rings. The molecule has 0 bridgehead atoms. The highest BCUT2D eigenvalue weighted by molar-refractivity contribution is 5.98. The quantitative estimate of drug-likeness (QED) is 0.774. The van der Waals surface area contributed by atoms with Gasteiger partial charge in [0, 0.05) is 29.6 Å². The summed E-state index contributed by atoms with van der Waals surface area (Å²) in [5.74, 6) is 1.08. The van der Waals surface area contributed by atoms with Crippen molar-refractivity contribution in [3.05, 3.63) is 60.6 Å². The molecule has 6 heteroatoms. The number of pyridine rings is 1. The van der Waals surface area contributed by atoms with Gasteiger partial charge in [-0.15, -0.1) is 0 Å². The van der Waals surface area contributed by atoms with Crippen molar-refractivity contribution in [3.8, 4) is 5.75 Å². The lowest BCUT2D eigenvalue weighted by Crippen LogP contribution is -2.66. The lowest BCUT2D eigenvalue weighted by atomic mass is 9.81. The minimum atomic E-state index is -0.274. The number of hydrogen-bond donors (Lipinski definition) is 1. The maximum Gasteiger partial charge on any atom is 0.270 e. The second-order valence-corrected chi connectivity index (χ2v) is 7.33. The summed E-state index contributed by atoms with van der Waals surface area (Å²) in [6, 6.07) is 13.6. The highest BCUT2D eigenvalue weighted by atomic mass is 16.5. The highest BCUT2D eigenvalue weighted by Crippen LogP contribution is 2.40. The number of para-hydroxylation sites is 1. The van der Waals surface area contributed by atoms with E-state index in [2.05, 4.69) is 9.97 Å². The summed E-state index contributed by atoms with van der Waals surface area (Å²) in [6.07, 6.45) is 4.40. The van der Waals surface area contributed by atoms with Crippen molar-refractivity contribution in [2.45, 2.75) is 12.0 Å². The molecule has 2 aliphatic rings. The number of nitrogens with one attached hydrogen (secondary N) is 1. The van der Waals surface area contributed by atoms with Gasteiger partial charge < -0.3 is 19.4 Å². The molecular formula is C21H21N3O3. The van der Waals surface area contributed by atoms with Crippen LogP contribution in [-0.2, 0) is 4.74 Å². The Morgan fingerprint density at radius 3 is 3.00 bits per heavy atom. The fraction of sp³-hybridized carbons (Fsp3) is 0.333. The summed E-state index contributed by atoms with van der Waals surface area (Å²) in [4.78, 5) is 22.0. The molecule has 27 heavy (non-hydrogen) atoms. The second kappa shape index (κ2) is 6.39. The SMILES string of the molecule is O=C(c1cc2ccccc2[nH]1)N1CC2(C1)OCCC2COc1cccnc1. The van der Waals surface area contributed by atoms with Crippen LogP contribution in [0.1, 0.15) is 16.9 Å². The highest BCUT2D eigenvalue weighted by Gasteiger charge is 2.54. The van der Waals surface area contributed by atoms with E-state index in [1.165, 1.54) is 0 Å². The minimum absolute atomic E-state index is 0.0271. The molecule has 1 aromatic carbocycles. The van der Waals surface area contributed by atoms with Crippen molar-refractivity contribution >= 4 is 16.8 Å². The van der Waals surface area contributed by atoms with Gasteiger partial charge in [-0.3, -0.25) is 9.78 Å². The Hall–Kier alpha value is -2.86. The number of carbonyl (C=O) groups is 1. The zero-order valence-corrected chi connectivity index (χ0v) is 14.9. The van der Waals surface area contributed by atoms with Crippen molar-refractivity contribution in [2.75, 3.05) is 26.3 Å². The molecule has 0 aliphatic carbocycles. The minimum Gasteiger partial charge on any atom is -0.492 e. The van der Waals surface area contributed by atoms with Gasteiger partial charge in [0.1, 0.15) is 17.0 Å². The van der Waals surface area contributed by atoms with Crippen molar-refractivity contribution in [2.24, 2.45) is 5.92 Å². The molecule has 1 atom stereocenters. The molecule has 2 aliphatic heterocycles. The normalized spacial score (nSPS) is 20.7. The van der Waals surface area contributed by atoms with E-state index in [0.717, 1.165) is 29.7 Å². The van der Waals surface area contributed by atoms with E-state index in [1.54, 1.807) is 12.4 Å². The lowest BCUT2D eigenvalue weighted by Gasteiger charge is -2.49. The number of hydrogen-bond acceptors (Lipinski definition) is 4. The first kappa shape index (κ1) is 16.3. The first-order valence-electron chi connectivity index (χ1n) is 9.27. The Bertz CT molecular complexity index is 930. The topological polar surface area (TPSA) is 67.5 Å². The van der Waals surface area contributed by atoms with Crippen LogP contribution in [0.15, 0.2) is 54.9 Å². The second-order valence-electron chi connectivity index (χ2n) is 7.33. The van der Waals surface area contributed by atoms with E-state index in [0.29, 0.717) is 25.4 Å². The largest absolute Gasteiger partial charge is 0.492 e. The third kappa shape index (κ3) is 2.86. The van der Waals surface area contributed by atoms with E-state index in [1.807, 2.05) is 47.4 Å². The summed E-state index contributed by atoms with van der Waals surface area (Å²) in [6.45, 7) is 2.53. The van der Waals surface area contributed by atoms with E-state index in [9.17, 15) is 4.79 Å². The van der Waals surface area contributed by atoms with Gasteiger partial charge in [-0.05, 0) is 30.7 Å². The number of ether oxygens (including phenoxy) is 2. The number of fused-ring (bicyclic) bond motifs is 1. The fourth-order valence-corrected chi connectivity index (χ4v) is 4.10. The zero-order chi connectivity index (χ0) is 18.3. The van der Waals surface area contributed by atoms with Crippen LogP contribution >= 0.6 is 0 Å². The van der Waals surface area contributed by atoms with Gasteiger partial charge in [0.05, 0.1) is 25.9 Å². The summed E-state index contributed by atoms with van der Waals surface area (Å²) >= 11 is 0. The average Bonchev–Trinajstić information content (AvgIpc) is 3.29. The molecular weight excluding hydrogens is 342 g/mol. The summed E-state index contributed by atoms with van der Waals surface area (Å²) in [5, 5.41) is 1.05. The van der Waals surface area contributed by atoms with E-state index in [-0.39, 0.29) is 17.4 Å². The number of aromatic amines is 1. The number of H-pyrrole nitrogens is 1. The van der Waals surface area contributed by atoms with Crippen molar-refractivity contribution < 1.29 is 14.3 Å². The van der Waals surface area contributed by atoms with E-state index in [4.69, 9.17) is 9.47 Å². The zero-order valence-electron chi connectivity index (χ0n) is 14.9. The van der Waals surface area contributed by atoms with Crippen LogP contribution in [0.4, 0.5) is 0 Å². The Balaban J connectivity index is 1.24. The number of benzene rings is 1. The number of likely N-dealkylation sites (tertiary alicyclic amines) is 1. The van der Waals surface area contributed by atoms with Crippen LogP contribution in [-0.4, -0.2) is 52.7 Å². The predicted molar refractivity (Wildman–Crippen MR) is 101 cm³/mol. The van der Waals surface area contributed by atoms with Gasteiger partial charge in [0.2, 0.25) is 0 Å². The van der Waals surface area contributed by atoms with Crippen LogP contribution in [0.25, 0.3) is 10.9 Å². The molecule has 1 spiro atoms. The first-order chi connectivity index (χ1) is 13.2. The Morgan fingerprint density at radius 1 is 1.30 bits per heavy atom. The fourth-order valence-electron chi connectivity index (χ4n) is 4.10. The third-order valence-electron chi connectivity index (χ3n) is 5.65. The number of nitrogens with zero attached hydrogens (tertiary/aromatic N) is 2. The molecule has 4 heterocycles. The summed E-state index contributed by atoms with van der Waals surface area (Å²) in [5.41, 5.74) is 1.34. The number of rotatable bonds is 4.